The van der Waals surface area contributed by atoms with Gasteiger partial charge in [-0.1, -0.05) is 142 Å². The van der Waals surface area contributed by atoms with Gasteiger partial charge in [0.1, 0.15) is 39.4 Å². The fourth-order valence-electron chi connectivity index (χ4n) is 7.11. The molecule has 0 aliphatic heterocycles. The molecule has 0 aromatic heterocycles. The summed E-state index contributed by atoms with van der Waals surface area (Å²) < 4.78 is 10.9. The number of hydrogen-bond acceptors (Lipinski definition) is 12. The van der Waals surface area contributed by atoms with E-state index in [0.29, 0.717) is 22.6 Å². The van der Waals surface area contributed by atoms with Gasteiger partial charge in [-0.2, -0.15) is 0 Å². The van der Waals surface area contributed by atoms with Gasteiger partial charge < -0.3 is 39.7 Å². The molecule has 370 valence electrons. The Morgan fingerprint density at radius 2 is 0.594 bits per heavy atom. The third-order valence-electron chi connectivity index (χ3n) is 10.8. The van der Waals surface area contributed by atoms with Gasteiger partial charge in [0.15, 0.2) is 0 Å². The second kappa shape index (κ2) is 40.2. The van der Waals surface area contributed by atoms with Crippen LogP contribution in [0.4, 0.5) is 0 Å². The molecule has 18 nitrogen and oxygen atoms in total. The van der Waals surface area contributed by atoms with E-state index in [1.807, 2.05) is 0 Å². The van der Waals surface area contributed by atoms with Crippen LogP contribution in [-0.2, 0) is 47.8 Å². The Balaban J connectivity index is 5.54. The molecule has 0 aromatic carbocycles. The number of ether oxygens (including phenoxy) is 2. The Hall–Kier alpha value is -4.32. The lowest BCUT2D eigenvalue weighted by atomic mass is 10.1. The van der Waals surface area contributed by atoms with Crippen LogP contribution in [0.15, 0.2) is 0 Å². The summed E-state index contributed by atoms with van der Waals surface area (Å²) in [6, 6.07) is 0. The monoisotopic (exact) mass is 915 g/mol. The van der Waals surface area contributed by atoms with Crippen molar-refractivity contribution in [3.63, 3.8) is 0 Å². The van der Waals surface area contributed by atoms with E-state index < -0.39 is 86.9 Å². The largest absolute Gasteiger partial charge is 0.480 e. The molecule has 0 heterocycles. The molecule has 0 rings (SSSR count). The Morgan fingerprint density at radius 3 is 0.844 bits per heavy atom. The van der Waals surface area contributed by atoms with Crippen molar-refractivity contribution in [2.24, 2.45) is 0 Å². The lowest BCUT2D eigenvalue weighted by molar-refractivity contribution is -0.151. The summed E-state index contributed by atoms with van der Waals surface area (Å²) in [5, 5.41) is 37.3. The maximum atomic E-state index is 13.2. The van der Waals surface area contributed by atoms with Crippen LogP contribution in [0.2, 0.25) is 0 Å². The van der Waals surface area contributed by atoms with Crippen molar-refractivity contribution in [2.45, 2.75) is 168 Å². The summed E-state index contributed by atoms with van der Waals surface area (Å²) in [7, 11) is 0. The first-order valence-electron chi connectivity index (χ1n) is 23.9. The SMILES string of the molecule is CCCCCCCCCCCCCC(=O)OCCN(CCN(CCOC(=O)CCCCCCCCCCCCC)CC(=O)N(CC(=O)O)CC(=O)O)CC(=O)N(CC(=O)O)CC(=O)O. The molecule has 0 radical (unpaired) electrons. The molecular formula is C46H82N4O14. The van der Waals surface area contributed by atoms with E-state index in [1.54, 1.807) is 0 Å². The van der Waals surface area contributed by atoms with Gasteiger partial charge in [-0.25, -0.2) is 0 Å². The summed E-state index contributed by atoms with van der Waals surface area (Å²) in [5.74, 6) is -8.21. The number of carbonyl (C=O) groups excluding carboxylic acids is 4. The average Bonchev–Trinajstić information content (AvgIpc) is 3.22. The van der Waals surface area contributed by atoms with Crippen LogP contribution >= 0.6 is 0 Å². The van der Waals surface area contributed by atoms with Crippen LogP contribution in [0, 0.1) is 0 Å². The Labute approximate surface area is 381 Å². The van der Waals surface area contributed by atoms with E-state index in [-0.39, 0.29) is 52.2 Å². The molecule has 0 saturated heterocycles. The zero-order valence-electron chi connectivity index (χ0n) is 39.1. The zero-order valence-corrected chi connectivity index (χ0v) is 39.1. The highest BCUT2D eigenvalue weighted by Gasteiger charge is 2.25. The van der Waals surface area contributed by atoms with Crippen LogP contribution in [0.5, 0.6) is 0 Å². The van der Waals surface area contributed by atoms with Crippen LogP contribution < -0.4 is 0 Å². The molecule has 0 unspecified atom stereocenters. The highest BCUT2D eigenvalue weighted by molar-refractivity contribution is 5.87. The smallest absolute Gasteiger partial charge is 0.323 e. The van der Waals surface area contributed by atoms with Gasteiger partial charge >= 0.3 is 35.8 Å². The quantitative estimate of drug-likeness (QED) is 0.0399. The van der Waals surface area contributed by atoms with Crippen molar-refractivity contribution in [3.05, 3.63) is 0 Å². The first-order valence-corrected chi connectivity index (χ1v) is 23.9. The zero-order chi connectivity index (χ0) is 47.8. The molecule has 0 aromatic rings. The van der Waals surface area contributed by atoms with Crippen molar-refractivity contribution in [1.82, 2.24) is 19.6 Å². The van der Waals surface area contributed by atoms with Crippen LogP contribution in [0.1, 0.15) is 168 Å². The van der Waals surface area contributed by atoms with Gasteiger partial charge in [0.25, 0.3) is 0 Å². The molecule has 0 saturated carbocycles. The van der Waals surface area contributed by atoms with E-state index in [9.17, 15) is 58.8 Å². The van der Waals surface area contributed by atoms with Gasteiger partial charge in [-0.05, 0) is 12.8 Å². The fraction of sp³-hybridized carbons (Fsp3) is 0.826. The number of carboxylic acids is 4. The van der Waals surface area contributed by atoms with Crippen LogP contribution in [0.25, 0.3) is 0 Å². The van der Waals surface area contributed by atoms with Crippen molar-refractivity contribution >= 4 is 47.6 Å². The summed E-state index contributed by atoms with van der Waals surface area (Å²) in [4.78, 5) is 102. The van der Waals surface area contributed by atoms with Gasteiger partial charge in [0, 0.05) is 39.0 Å². The number of carboxylic acid groups (broad SMARTS) is 4. The Kier molecular flexibility index (Phi) is 37.5. The maximum Gasteiger partial charge on any atom is 0.323 e. The topological polar surface area (TPSA) is 249 Å². The third kappa shape index (κ3) is 37.1. The van der Waals surface area contributed by atoms with E-state index in [2.05, 4.69) is 13.8 Å². The predicted molar refractivity (Wildman–Crippen MR) is 241 cm³/mol. The number of carbonyl (C=O) groups is 8. The molecule has 0 aliphatic rings. The summed E-state index contributed by atoms with van der Waals surface area (Å²) in [6.07, 6.45) is 25.1. The highest BCUT2D eigenvalue weighted by Crippen LogP contribution is 2.14. The molecule has 4 N–H and O–H groups in total. The van der Waals surface area contributed by atoms with Crippen molar-refractivity contribution in [1.29, 1.82) is 0 Å². The normalized spacial score (nSPS) is 11.1. The first kappa shape index (κ1) is 59.7. The molecule has 0 fully saturated rings. The van der Waals surface area contributed by atoms with Crippen LogP contribution in [-0.4, -0.2) is 166 Å². The number of nitrogens with zero attached hydrogens (tertiary/aromatic N) is 4. The summed E-state index contributed by atoms with van der Waals surface area (Å²) >= 11 is 0. The maximum absolute atomic E-state index is 13.2. The van der Waals surface area contributed by atoms with E-state index in [0.717, 1.165) is 38.5 Å². The number of rotatable bonds is 45. The lowest BCUT2D eigenvalue weighted by Crippen LogP contribution is -2.49. The number of aliphatic carboxylic acids is 4. The van der Waals surface area contributed by atoms with Crippen molar-refractivity contribution in [2.75, 3.05) is 78.7 Å². The third-order valence-corrected chi connectivity index (χ3v) is 10.8. The minimum absolute atomic E-state index is 0.0201. The van der Waals surface area contributed by atoms with E-state index in [4.69, 9.17) is 9.47 Å². The Bertz CT molecular complexity index is 1200. The average molecular weight is 915 g/mol. The molecule has 2 amide bonds. The number of amides is 2. The van der Waals surface area contributed by atoms with E-state index >= 15 is 0 Å². The highest BCUT2D eigenvalue weighted by atomic mass is 16.5. The van der Waals surface area contributed by atoms with Crippen LogP contribution in [0.3, 0.4) is 0 Å². The molecule has 64 heavy (non-hydrogen) atoms. The first-order chi connectivity index (χ1) is 30.7. The standard InChI is InChI=1S/C46H82N4O14/c1-3-5-7-9-11-13-15-17-19-21-23-25-45(61)63-31-29-47(33-39(51)49(35-41(53)54)36-42(55)56)27-28-48(34-40(52)50(37-43(57)58)38-44(59)60)30-32-64-46(62)26-24-22-20-18-16-14-12-10-8-6-4-2/h3-38H2,1-2H3,(H,53,54)(H,55,56)(H,57,58)(H,59,60). The minimum Gasteiger partial charge on any atom is -0.480 e. The van der Waals surface area contributed by atoms with Gasteiger partial charge in [-0.3, -0.25) is 48.2 Å². The molecule has 0 atom stereocenters. The second-order valence-electron chi connectivity index (χ2n) is 16.6. The second-order valence-corrected chi connectivity index (χ2v) is 16.6. The van der Waals surface area contributed by atoms with Crippen molar-refractivity contribution < 1.29 is 68.3 Å². The summed E-state index contributed by atoms with van der Waals surface area (Å²) in [6.45, 7) is -0.442. The van der Waals surface area contributed by atoms with Gasteiger partial charge in [-0.15, -0.1) is 0 Å². The summed E-state index contributed by atoms with van der Waals surface area (Å²) in [5.41, 5.74) is 0. The molecule has 0 aliphatic carbocycles. The molecule has 18 heteroatoms. The lowest BCUT2D eigenvalue weighted by Gasteiger charge is -2.29. The number of esters is 2. The Morgan fingerprint density at radius 1 is 0.344 bits per heavy atom. The minimum atomic E-state index is -1.42. The number of unbranched alkanes of at least 4 members (excludes halogenated alkanes) is 20. The predicted octanol–water partition coefficient (Wildman–Crippen LogP) is 6.07. The molecule has 0 bridgehead atoms. The van der Waals surface area contributed by atoms with Crippen molar-refractivity contribution in [3.8, 4) is 0 Å². The molecule has 0 spiro atoms. The molecular weight excluding hydrogens is 833 g/mol. The van der Waals surface area contributed by atoms with Gasteiger partial charge in [0.05, 0.1) is 13.1 Å². The fourth-order valence-corrected chi connectivity index (χ4v) is 7.11. The number of hydrogen-bond donors (Lipinski definition) is 4. The van der Waals surface area contributed by atoms with E-state index in [1.165, 1.54) is 99.7 Å². The van der Waals surface area contributed by atoms with Gasteiger partial charge in [0.2, 0.25) is 11.8 Å².